The van der Waals surface area contributed by atoms with Crippen molar-refractivity contribution in [3.63, 3.8) is 0 Å². The predicted octanol–water partition coefficient (Wildman–Crippen LogP) is 1.02. The van der Waals surface area contributed by atoms with E-state index in [0.29, 0.717) is 11.8 Å². The van der Waals surface area contributed by atoms with Gasteiger partial charge in [0.1, 0.15) is 5.76 Å². The van der Waals surface area contributed by atoms with Gasteiger partial charge in [0.25, 0.3) is 5.91 Å². The normalized spacial score (nSPS) is 20.9. The number of rotatable bonds is 2. The first-order chi connectivity index (χ1) is 7.20. The third-order valence-corrected chi connectivity index (χ3v) is 2.83. The molecule has 15 heavy (non-hydrogen) atoms. The Labute approximate surface area is 89.2 Å². The molecule has 1 unspecified atom stereocenters. The number of furan rings is 1. The summed E-state index contributed by atoms with van der Waals surface area (Å²) in [6.07, 6.45) is 1.02. The van der Waals surface area contributed by atoms with Gasteiger partial charge in [0.15, 0.2) is 5.76 Å². The van der Waals surface area contributed by atoms with Crippen LogP contribution in [0.1, 0.15) is 22.7 Å². The molecule has 4 heteroatoms. The maximum Gasteiger partial charge on any atom is 0.289 e. The maximum atomic E-state index is 11.9. The Morgan fingerprint density at radius 3 is 2.93 bits per heavy atom. The zero-order valence-corrected chi connectivity index (χ0v) is 9.12. The molecule has 1 aliphatic rings. The highest BCUT2D eigenvalue weighted by atomic mass is 16.3. The highest BCUT2D eigenvalue weighted by molar-refractivity contribution is 5.91. The van der Waals surface area contributed by atoms with Crippen molar-refractivity contribution in [3.8, 4) is 0 Å². The number of carbonyl (C=O) groups is 1. The molecule has 1 aromatic heterocycles. The first-order valence-electron chi connectivity index (χ1n) is 5.23. The van der Waals surface area contributed by atoms with Crippen LogP contribution in [0.3, 0.4) is 0 Å². The van der Waals surface area contributed by atoms with Gasteiger partial charge in [-0.05, 0) is 32.5 Å². The van der Waals surface area contributed by atoms with E-state index in [1.807, 2.05) is 24.9 Å². The van der Waals surface area contributed by atoms with Crippen LogP contribution in [0, 0.1) is 6.92 Å². The van der Waals surface area contributed by atoms with Crippen molar-refractivity contribution in [2.75, 3.05) is 20.1 Å². The molecule has 82 valence electrons. The predicted molar refractivity (Wildman–Crippen MR) is 56.8 cm³/mol. The van der Waals surface area contributed by atoms with Crippen LogP contribution in [0.25, 0.3) is 0 Å². The SMILES string of the molecule is CNC1CCN(C(=O)c2ccc(C)o2)C1. The largest absolute Gasteiger partial charge is 0.456 e. The van der Waals surface area contributed by atoms with Crippen molar-refractivity contribution in [1.29, 1.82) is 0 Å². The molecule has 1 amide bonds. The summed E-state index contributed by atoms with van der Waals surface area (Å²) in [6, 6.07) is 3.98. The summed E-state index contributed by atoms with van der Waals surface area (Å²) >= 11 is 0. The number of amides is 1. The third kappa shape index (κ3) is 2.04. The highest BCUT2D eigenvalue weighted by Crippen LogP contribution is 2.15. The molecule has 0 aromatic carbocycles. The first kappa shape index (κ1) is 10.2. The fraction of sp³-hybridized carbons (Fsp3) is 0.545. The molecule has 1 saturated heterocycles. The van der Waals surface area contributed by atoms with Gasteiger partial charge in [0.05, 0.1) is 0 Å². The van der Waals surface area contributed by atoms with Crippen LogP contribution in [0.15, 0.2) is 16.5 Å². The summed E-state index contributed by atoms with van der Waals surface area (Å²) in [5.41, 5.74) is 0. The standard InChI is InChI=1S/C11H16N2O2/c1-8-3-4-10(15-8)11(14)13-6-5-9(7-13)12-2/h3-4,9,12H,5-7H2,1-2H3. The second-order valence-electron chi connectivity index (χ2n) is 3.94. The molecular weight excluding hydrogens is 192 g/mol. The van der Waals surface area contributed by atoms with Gasteiger partial charge in [-0.3, -0.25) is 4.79 Å². The minimum absolute atomic E-state index is 0.000787. The van der Waals surface area contributed by atoms with E-state index in [2.05, 4.69) is 5.32 Å². The van der Waals surface area contributed by atoms with E-state index in [0.717, 1.165) is 25.3 Å². The lowest BCUT2D eigenvalue weighted by molar-refractivity contribution is 0.0757. The number of nitrogens with one attached hydrogen (secondary N) is 1. The Kier molecular flexibility index (Phi) is 2.77. The van der Waals surface area contributed by atoms with Gasteiger partial charge in [0, 0.05) is 19.1 Å². The second-order valence-corrected chi connectivity index (χ2v) is 3.94. The van der Waals surface area contributed by atoms with Crippen molar-refractivity contribution < 1.29 is 9.21 Å². The Morgan fingerprint density at radius 1 is 1.60 bits per heavy atom. The van der Waals surface area contributed by atoms with E-state index in [9.17, 15) is 4.79 Å². The number of hydrogen-bond acceptors (Lipinski definition) is 3. The molecule has 1 atom stereocenters. The molecule has 1 aromatic rings. The minimum Gasteiger partial charge on any atom is -0.456 e. The summed E-state index contributed by atoms with van der Waals surface area (Å²) in [5.74, 6) is 1.23. The fourth-order valence-electron chi connectivity index (χ4n) is 1.89. The van der Waals surface area contributed by atoms with Crippen LogP contribution in [0.2, 0.25) is 0 Å². The fourth-order valence-corrected chi connectivity index (χ4v) is 1.89. The lowest BCUT2D eigenvalue weighted by atomic mass is 10.3. The molecule has 0 spiro atoms. The maximum absolute atomic E-state index is 11.9. The summed E-state index contributed by atoms with van der Waals surface area (Å²) < 4.78 is 5.31. The molecule has 0 saturated carbocycles. The van der Waals surface area contributed by atoms with Crippen LogP contribution in [-0.2, 0) is 0 Å². The van der Waals surface area contributed by atoms with Gasteiger partial charge in [-0.1, -0.05) is 0 Å². The average molecular weight is 208 g/mol. The van der Waals surface area contributed by atoms with E-state index >= 15 is 0 Å². The van der Waals surface area contributed by atoms with Crippen LogP contribution < -0.4 is 5.32 Å². The summed E-state index contributed by atoms with van der Waals surface area (Å²) in [4.78, 5) is 13.8. The molecule has 1 aliphatic heterocycles. The monoisotopic (exact) mass is 208 g/mol. The number of likely N-dealkylation sites (N-methyl/N-ethyl adjacent to an activating group) is 1. The molecule has 0 bridgehead atoms. The highest BCUT2D eigenvalue weighted by Gasteiger charge is 2.27. The summed E-state index contributed by atoms with van der Waals surface area (Å²) in [6.45, 7) is 3.43. The molecule has 0 radical (unpaired) electrons. The van der Waals surface area contributed by atoms with Crippen molar-refractivity contribution in [3.05, 3.63) is 23.7 Å². The topological polar surface area (TPSA) is 45.5 Å². The molecule has 1 fully saturated rings. The van der Waals surface area contributed by atoms with E-state index in [4.69, 9.17) is 4.42 Å². The second kappa shape index (κ2) is 4.06. The van der Waals surface area contributed by atoms with Gasteiger partial charge in [-0.25, -0.2) is 0 Å². The quantitative estimate of drug-likeness (QED) is 0.789. The van der Waals surface area contributed by atoms with Crippen LogP contribution in [-0.4, -0.2) is 37.0 Å². The zero-order chi connectivity index (χ0) is 10.8. The lowest BCUT2D eigenvalue weighted by Gasteiger charge is -2.14. The Hall–Kier alpha value is -1.29. The Morgan fingerprint density at radius 2 is 2.40 bits per heavy atom. The van der Waals surface area contributed by atoms with Crippen molar-refractivity contribution in [2.45, 2.75) is 19.4 Å². The molecular formula is C11H16N2O2. The van der Waals surface area contributed by atoms with Gasteiger partial charge in [-0.2, -0.15) is 0 Å². The van der Waals surface area contributed by atoms with E-state index in [-0.39, 0.29) is 5.91 Å². The Bertz CT molecular complexity index is 359. The summed E-state index contributed by atoms with van der Waals surface area (Å²) in [7, 11) is 1.93. The van der Waals surface area contributed by atoms with Gasteiger partial charge in [-0.15, -0.1) is 0 Å². The molecule has 1 N–H and O–H groups in total. The van der Waals surface area contributed by atoms with Crippen molar-refractivity contribution in [2.24, 2.45) is 0 Å². The van der Waals surface area contributed by atoms with Crippen molar-refractivity contribution >= 4 is 5.91 Å². The van der Waals surface area contributed by atoms with Crippen LogP contribution in [0.5, 0.6) is 0 Å². The van der Waals surface area contributed by atoms with Gasteiger partial charge < -0.3 is 14.6 Å². The average Bonchev–Trinajstić information content (AvgIpc) is 2.84. The van der Waals surface area contributed by atoms with Crippen molar-refractivity contribution in [1.82, 2.24) is 10.2 Å². The van der Waals surface area contributed by atoms with E-state index in [1.165, 1.54) is 0 Å². The van der Waals surface area contributed by atoms with E-state index in [1.54, 1.807) is 6.07 Å². The van der Waals surface area contributed by atoms with Gasteiger partial charge in [0.2, 0.25) is 0 Å². The molecule has 4 nitrogen and oxygen atoms in total. The molecule has 2 heterocycles. The third-order valence-electron chi connectivity index (χ3n) is 2.83. The minimum atomic E-state index is 0.000787. The first-order valence-corrected chi connectivity index (χ1v) is 5.23. The van der Waals surface area contributed by atoms with Crippen LogP contribution in [0.4, 0.5) is 0 Å². The number of likely N-dealkylation sites (tertiary alicyclic amines) is 1. The number of hydrogen-bond donors (Lipinski definition) is 1. The Balaban J connectivity index is 2.03. The smallest absolute Gasteiger partial charge is 0.289 e. The summed E-state index contributed by atoms with van der Waals surface area (Å²) in [5, 5.41) is 3.18. The molecule has 2 rings (SSSR count). The number of aryl methyl sites for hydroxylation is 1. The molecule has 0 aliphatic carbocycles. The number of carbonyl (C=O) groups excluding carboxylic acids is 1. The van der Waals surface area contributed by atoms with Gasteiger partial charge >= 0.3 is 0 Å². The lowest BCUT2D eigenvalue weighted by Crippen LogP contribution is -2.33. The zero-order valence-electron chi connectivity index (χ0n) is 9.12. The van der Waals surface area contributed by atoms with E-state index < -0.39 is 0 Å². The number of nitrogens with zero attached hydrogens (tertiary/aromatic N) is 1. The van der Waals surface area contributed by atoms with Crippen LogP contribution >= 0.6 is 0 Å².